The van der Waals surface area contributed by atoms with E-state index in [0.717, 1.165) is 24.4 Å². The average Bonchev–Trinajstić information content (AvgIpc) is 2.86. The van der Waals surface area contributed by atoms with E-state index in [4.69, 9.17) is 14.3 Å². The van der Waals surface area contributed by atoms with Gasteiger partial charge in [-0.15, -0.1) is 0 Å². The molecule has 3 nitrogen and oxygen atoms in total. The van der Waals surface area contributed by atoms with Crippen LogP contribution in [0.2, 0.25) is 0 Å². The minimum atomic E-state index is -0.0777. The zero-order chi connectivity index (χ0) is 12.8. The lowest BCUT2D eigenvalue weighted by Gasteiger charge is -2.05. The quantitative estimate of drug-likeness (QED) is 0.850. The maximum absolute atomic E-state index is 8.88. The van der Waals surface area contributed by atoms with Crippen LogP contribution in [-0.2, 0) is 19.6 Å². The van der Waals surface area contributed by atoms with Crippen molar-refractivity contribution in [1.82, 2.24) is 0 Å². The minimum Gasteiger partial charge on any atom is -0.486 e. The van der Waals surface area contributed by atoms with E-state index >= 15 is 0 Å². The van der Waals surface area contributed by atoms with Gasteiger partial charge in [0.1, 0.15) is 30.5 Å². The first kappa shape index (κ1) is 12.7. The Bertz CT molecular complexity index is 471. The van der Waals surface area contributed by atoms with E-state index in [1.54, 1.807) is 6.07 Å². The van der Waals surface area contributed by atoms with Crippen LogP contribution in [0.15, 0.2) is 40.8 Å². The van der Waals surface area contributed by atoms with Crippen LogP contribution in [0.4, 0.5) is 0 Å². The van der Waals surface area contributed by atoms with Gasteiger partial charge in [0.2, 0.25) is 0 Å². The number of benzene rings is 1. The van der Waals surface area contributed by atoms with Gasteiger partial charge in [0.05, 0.1) is 0 Å². The van der Waals surface area contributed by atoms with Crippen LogP contribution >= 0.6 is 0 Å². The molecule has 0 amide bonds. The van der Waals surface area contributed by atoms with Crippen LogP contribution in [0, 0.1) is 0 Å². The lowest BCUT2D eigenvalue weighted by atomic mass is 10.1. The summed E-state index contributed by atoms with van der Waals surface area (Å²) in [6.45, 7) is 2.47. The second kappa shape index (κ2) is 6.26. The Hall–Kier alpha value is -1.74. The Morgan fingerprint density at radius 3 is 2.39 bits per heavy atom. The first-order chi connectivity index (χ1) is 8.81. The molecular weight excluding hydrogens is 228 g/mol. The molecule has 0 saturated carbocycles. The van der Waals surface area contributed by atoms with E-state index in [0.29, 0.717) is 12.4 Å². The Balaban J connectivity index is 1.89. The first-order valence-corrected chi connectivity index (χ1v) is 6.22. The maximum Gasteiger partial charge on any atom is 0.146 e. The normalized spacial score (nSPS) is 10.6. The molecule has 0 radical (unpaired) electrons. The molecule has 0 aliphatic carbocycles. The molecule has 0 atom stereocenters. The average molecular weight is 246 g/mol. The third-order valence-corrected chi connectivity index (χ3v) is 2.72. The molecule has 1 aromatic heterocycles. The summed E-state index contributed by atoms with van der Waals surface area (Å²) in [5.41, 5.74) is 1.32. The molecule has 3 heteroatoms. The summed E-state index contributed by atoms with van der Waals surface area (Å²) in [5.74, 6) is 2.11. The van der Waals surface area contributed by atoms with Crippen LogP contribution in [0.1, 0.15) is 30.4 Å². The molecule has 0 spiro atoms. The minimum absolute atomic E-state index is 0.0777. The predicted octanol–water partition coefficient (Wildman–Crippen LogP) is 3.30. The van der Waals surface area contributed by atoms with Gasteiger partial charge < -0.3 is 14.3 Å². The number of aliphatic hydroxyl groups is 1. The molecule has 0 unspecified atom stereocenters. The second-order valence-corrected chi connectivity index (χ2v) is 4.21. The van der Waals surface area contributed by atoms with Gasteiger partial charge in [-0.2, -0.15) is 0 Å². The summed E-state index contributed by atoms with van der Waals surface area (Å²) in [7, 11) is 0. The lowest BCUT2D eigenvalue weighted by Crippen LogP contribution is -1.94. The molecule has 96 valence electrons. The van der Waals surface area contributed by atoms with Crippen molar-refractivity contribution in [1.29, 1.82) is 0 Å². The van der Waals surface area contributed by atoms with E-state index in [2.05, 4.69) is 19.1 Å². The van der Waals surface area contributed by atoms with Crippen LogP contribution in [0.3, 0.4) is 0 Å². The SMILES string of the molecule is CCCc1ccc(OCc2ccc(CO)o2)cc1. The van der Waals surface area contributed by atoms with Gasteiger partial charge >= 0.3 is 0 Å². The monoisotopic (exact) mass is 246 g/mol. The standard InChI is InChI=1S/C15H18O3/c1-2-3-12-4-6-13(7-5-12)17-11-15-9-8-14(10-16)18-15/h4-9,16H,2-3,10-11H2,1H3. The molecule has 0 aliphatic heterocycles. The van der Waals surface area contributed by atoms with Gasteiger partial charge in [-0.05, 0) is 36.2 Å². The summed E-state index contributed by atoms with van der Waals surface area (Å²) < 4.78 is 10.9. The molecule has 1 aromatic carbocycles. The molecule has 18 heavy (non-hydrogen) atoms. The van der Waals surface area contributed by atoms with Crippen molar-refractivity contribution in [2.24, 2.45) is 0 Å². The van der Waals surface area contributed by atoms with Crippen LogP contribution in [-0.4, -0.2) is 5.11 Å². The highest BCUT2D eigenvalue weighted by Crippen LogP contribution is 2.16. The highest BCUT2D eigenvalue weighted by molar-refractivity contribution is 5.27. The van der Waals surface area contributed by atoms with Crippen molar-refractivity contribution in [2.75, 3.05) is 0 Å². The smallest absolute Gasteiger partial charge is 0.146 e. The largest absolute Gasteiger partial charge is 0.486 e. The van der Waals surface area contributed by atoms with Crippen molar-refractivity contribution in [3.8, 4) is 5.75 Å². The molecule has 1 heterocycles. The fraction of sp³-hybridized carbons (Fsp3) is 0.333. The Kier molecular flexibility index (Phi) is 4.42. The number of aliphatic hydroxyl groups excluding tert-OH is 1. The fourth-order valence-electron chi connectivity index (χ4n) is 1.78. The Labute approximate surface area is 107 Å². The van der Waals surface area contributed by atoms with E-state index in [9.17, 15) is 0 Å². The topological polar surface area (TPSA) is 42.6 Å². The summed E-state index contributed by atoms with van der Waals surface area (Å²) in [6, 6.07) is 11.7. The first-order valence-electron chi connectivity index (χ1n) is 6.22. The zero-order valence-electron chi connectivity index (χ0n) is 10.6. The number of hydrogen-bond acceptors (Lipinski definition) is 3. The van der Waals surface area contributed by atoms with Gasteiger partial charge in [-0.1, -0.05) is 25.5 Å². The van der Waals surface area contributed by atoms with E-state index in [1.165, 1.54) is 5.56 Å². The van der Waals surface area contributed by atoms with Crippen molar-refractivity contribution in [3.05, 3.63) is 53.5 Å². The summed E-state index contributed by atoms with van der Waals surface area (Å²) in [5, 5.41) is 8.88. The number of aryl methyl sites for hydroxylation is 1. The molecule has 1 N–H and O–H groups in total. The van der Waals surface area contributed by atoms with Gasteiger partial charge in [-0.3, -0.25) is 0 Å². The number of furan rings is 1. The Morgan fingerprint density at radius 1 is 1.06 bits per heavy atom. The van der Waals surface area contributed by atoms with Crippen LogP contribution in [0.25, 0.3) is 0 Å². The molecule has 2 rings (SSSR count). The summed E-state index contributed by atoms with van der Waals surface area (Å²) in [4.78, 5) is 0. The second-order valence-electron chi connectivity index (χ2n) is 4.21. The highest BCUT2D eigenvalue weighted by atomic mass is 16.5. The third kappa shape index (κ3) is 3.37. The van der Waals surface area contributed by atoms with Crippen LogP contribution < -0.4 is 4.74 Å². The number of ether oxygens (including phenoxy) is 1. The molecule has 0 aliphatic rings. The number of hydrogen-bond donors (Lipinski definition) is 1. The number of rotatable bonds is 6. The van der Waals surface area contributed by atoms with Crippen molar-refractivity contribution in [2.45, 2.75) is 33.0 Å². The Morgan fingerprint density at radius 2 is 1.78 bits per heavy atom. The van der Waals surface area contributed by atoms with E-state index < -0.39 is 0 Å². The van der Waals surface area contributed by atoms with Gasteiger partial charge in [0.25, 0.3) is 0 Å². The van der Waals surface area contributed by atoms with Crippen molar-refractivity contribution < 1.29 is 14.3 Å². The van der Waals surface area contributed by atoms with Gasteiger partial charge in [0, 0.05) is 0 Å². The molecule has 0 fully saturated rings. The lowest BCUT2D eigenvalue weighted by molar-refractivity contribution is 0.225. The fourth-order valence-corrected chi connectivity index (χ4v) is 1.78. The van der Waals surface area contributed by atoms with Crippen LogP contribution in [0.5, 0.6) is 5.75 Å². The molecule has 0 bridgehead atoms. The maximum atomic E-state index is 8.88. The van der Waals surface area contributed by atoms with E-state index in [-0.39, 0.29) is 6.61 Å². The third-order valence-electron chi connectivity index (χ3n) is 2.72. The molecular formula is C15H18O3. The highest BCUT2D eigenvalue weighted by Gasteiger charge is 2.02. The summed E-state index contributed by atoms with van der Waals surface area (Å²) in [6.07, 6.45) is 2.24. The molecule has 0 saturated heterocycles. The van der Waals surface area contributed by atoms with Gasteiger partial charge in [0.15, 0.2) is 0 Å². The van der Waals surface area contributed by atoms with Crippen molar-refractivity contribution >= 4 is 0 Å². The predicted molar refractivity (Wildman–Crippen MR) is 69.4 cm³/mol. The van der Waals surface area contributed by atoms with Crippen molar-refractivity contribution in [3.63, 3.8) is 0 Å². The zero-order valence-corrected chi connectivity index (χ0v) is 10.6. The molecule has 2 aromatic rings. The van der Waals surface area contributed by atoms with E-state index in [1.807, 2.05) is 18.2 Å². The van der Waals surface area contributed by atoms with Gasteiger partial charge in [-0.25, -0.2) is 0 Å². The summed E-state index contributed by atoms with van der Waals surface area (Å²) >= 11 is 0.